The van der Waals surface area contributed by atoms with Crippen LogP contribution in [0.4, 0.5) is 5.82 Å². The maximum absolute atomic E-state index is 6.18. The standard InChI is InChI=1S/C23H31N5O3/c1-16(27-9-5-6-10-27)14-31-21-13-28-22(17(21)2)23(25-15-26-28)24-12-18-7-8-19(29-3)11-20(18)30-4/h7-8,11,13,15-16H,5-6,9-10,12,14H2,1-4H3,(H,24,25,26)/t16-/m0/s1. The Morgan fingerprint density at radius 2 is 1.94 bits per heavy atom. The van der Waals surface area contributed by atoms with Crippen molar-refractivity contribution in [3.8, 4) is 17.2 Å². The maximum atomic E-state index is 6.18. The molecule has 1 N–H and O–H groups in total. The Hall–Kier alpha value is -3.00. The quantitative estimate of drug-likeness (QED) is 0.562. The zero-order valence-corrected chi connectivity index (χ0v) is 18.7. The van der Waals surface area contributed by atoms with E-state index in [1.54, 1.807) is 20.5 Å². The van der Waals surface area contributed by atoms with E-state index in [1.807, 2.05) is 35.8 Å². The number of benzene rings is 1. The lowest BCUT2D eigenvalue weighted by Crippen LogP contribution is -2.34. The van der Waals surface area contributed by atoms with Crippen LogP contribution in [-0.4, -0.2) is 59.5 Å². The summed E-state index contributed by atoms with van der Waals surface area (Å²) in [7, 11) is 3.30. The van der Waals surface area contributed by atoms with Crippen molar-refractivity contribution in [2.45, 2.75) is 39.3 Å². The highest BCUT2D eigenvalue weighted by Gasteiger charge is 2.20. The molecule has 1 saturated heterocycles. The molecule has 0 unspecified atom stereocenters. The molecule has 0 amide bonds. The molecule has 2 aromatic heterocycles. The van der Waals surface area contributed by atoms with E-state index in [0.29, 0.717) is 19.2 Å². The smallest absolute Gasteiger partial charge is 0.154 e. The minimum absolute atomic E-state index is 0.399. The van der Waals surface area contributed by atoms with Gasteiger partial charge in [-0.25, -0.2) is 9.50 Å². The molecule has 1 aliphatic rings. The van der Waals surface area contributed by atoms with Crippen molar-refractivity contribution >= 4 is 11.3 Å². The SMILES string of the molecule is COc1ccc(CNc2ncnn3cc(OC[C@H](C)N4CCCC4)c(C)c23)c(OC)c1. The van der Waals surface area contributed by atoms with E-state index in [0.717, 1.165) is 52.8 Å². The number of hydrogen-bond donors (Lipinski definition) is 1. The second-order valence-corrected chi connectivity index (χ2v) is 7.95. The summed E-state index contributed by atoms with van der Waals surface area (Å²) in [5, 5.41) is 7.80. The molecule has 8 nitrogen and oxygen atoms in total. The lowest BCUT2D eigenvalue weighted by atomic mass is 10.2. The molecule has 31 heavy (non-hydrogen) atoms. The first-order valence-corrected chi connectivity index (χ1v) is 10.7. The Morgan fingerprint density at radius 1 is 1.13 bits per heavy atom. The fourth-order valence-corrected chi connectivity index (χ4v) is 4.09. The first kappa shape index (κ1) is 21.2. The predicted molar refractivity (Wildman–Crippen MR) is 120 cm³/mol. The molecule has 1 fully saturated rings. The molecule has 3 heterocycles. The van der Waals surface area contributed by atoms with Crippen molar-refractivity contribution < 1.29 is 14.2 Å². The van der Waals surface area contributed by atoms with Crippen molar-refractivity contribution in [3.05, 3.63) is 41.9 Å². The lowest BCUT2D eigenvalue weighted by Gasteiger charge is -2.23. The van der Waals surface area contributed by atoms with Gasteiger partial charge in [0.05, 0.1) is 20.4 Å². The van der Waals surface area contributed by atoms with Gasteiger partial charge in [-0.2, -0.15) is 5.10 Å². The summed E-state index contributed by atoms with van der Waals surface area (Å²) in [6.45, 7) is 7.83. The Balaban J connectivity index is 1.50. The fraction of sp³-hybridized carbons (Fsp3) is 0.478. The van der Waals surface area contributed by atoms with Gasteiger partial charge in [0, 0.05) is 29.8 Å². The van der Waals surface area contributed by atoms with Gasteiger partial charge in [0.25, 0.3) is 0 Å². The van der Waals surface area contributed by atoms with Crippen molar-refractivity contribution in [2.24, 2.45) is 0 Å². The lowest BCUT2D eigenvalue weighted by molar-refractivity contribution is 0.172. The summed E-state index contributed by atoms with van der Waals surface area (Å²) >= 11 is 0. The average molecular weight is 426 g/mol. The molecule has 4 rings (SSSR count). The molecule has 1 atom stereocenters. The van der Waals surface area contributed by atoms with Crippen LogP contribution >= 0.6 is 0 Å². The number of likely N-dealkylation sites (tertiary alicyclic amines) is 1. The van der Waals surface area contributed by atoms with Gasteiger partial charge in [-0.3, -0.25) is 4.90 Å². The second-order valence-electron chi connectivity index (χ2n) is 7.95. The number of methoxy groups -OCH3 is 2. The molecule has 8 heteroatoms. The Bertz CT molecular complexity index is 1030. The van der Waals surface area contributed by atoms with E-state index in [4.69, 9.17) is 14.2 Å². The van der Waals surface area contributed by atoms with E-state index in [-0.39, 0.29) is 0 Å². The van der Waals surface area contributed by atoms with E-state index >= 15 is 0 Å². The predicted octanol–water partition coefficient (Wildman–Crippen LogP) is 3.53. The van der Waals surface area contributed by atoms with Crippen LogP contribution in [0.2, 0.25) is 0 Å². The summed E-state index contributed by atoms with van der Waals surface area (Å²) in [5.41, 5.74) is 2.96. The van der Waals surface area contributed by atoms with Crippen LogP contribution in [0.5, 0.6) is 17.2 Å². The third-order valence-corrected chi connectivity index (χ3v) is 5.97. The number of nitrogens with one attached hydrogen (secondary N) is 1. The molecule has 0 aliphatic carbocycles. The Kier molecular flexibility index (Phi) is 6.46. The van der Waals surface area contributed by atoms with E-state index in [2.05, 4.69) is 27.2 Å². The van der Waals surface area contributed by atoms with Gasteiger partial charge in [0.2, 0.25) is 0 Å². The molecule has 0 spiro atoms. The monoisotopic (exact) mass is 425 g/mol. The van der Waals surface area contributed by atoms with Crippen LogP contribution in [0.25, 0.3) is 5.52 Å². The van der Waals surface area contributed by atoms with Crippen molar-refractivity contribution in [1.29, 1.82) is 0 Å². The average Bonchev–Trinajstić information content (AvgIpc) is 3.45. The number of aromatic nitrogens is 3. The largest absolute Gasteiger partial charge is 0.497 e. The number of ether oxygens (including phenoxy) is 3. The van der Waals surface area contributed by atoms with E-state index in [9.17, 15) is 0 Å². The van der Waals surface area contributed by atoms with E-state index in [1.165, 1.54) is 12.8 Å². The fourth-order valence-electron chi connectivity index (χ4n) is 4.09. The molecule has 1 aliphatic heterocycles. The number of rotatable bonds is 9. The van der Waals surface area contributed by atoms with Crippen LogP contribution in [0.1, 0.15) is 30.9 Å². The van der Waals surface area contributed by atoms with Gasteiger partial charge >= 0.3 is 0 Å². The molecular formula is C23H31N5O3. The third-order valence-electron chi connectivity index (χ3n) is 5.97. The molecule has 0 saturated carbocycles. The van der Waals surface area contributed by atoms with Crippen LogP contribution < -0.4 is 19.5 Å². The van der Waals surface area contributed by atoms with Crippen molar-refractivity contribution in [1.82, 2.24) is 19.5 Å². The van der Waals surface area contributed by atoms with Gasteiger partial charge in [0.1, 0.15) is 35.7 Å². The molecule has 3 aromatic rings. The number of nitrogens with zero attached hydrogens (tertiary/aromatic N) is 4. The third kappa shape index (κ3) is 4.54. The molecule has 0 bridgehead atoms. The number of fused-ring (bicyclic) bond motifs is 1. The molecule has 166 valence electrons. The second kappa shape index (κ2) is 9.43. The van der Waals surface area contributed by atoms with Crippen LogP contribution in [0.3, 0.4) is 0 Å². The van der Waals surface area contributed by atoms with Crippen LogP contribution in [-0.2, 0) is 6.54 Å². The van der Waals surface area contributed by atoms with Gasteiger partial charge in [0.15, 0.2) is 5.82 Å². The molecule has 1 aromatic carbocycles. The number of aryl methyl sites for hydroxylation is 1. The first-order valence-electron chi connectivity index (χ1n) is 10.7. The van der Waals surface area contributed by atoms with E-state index < -0.39 is 0 Å². The summed E-state index contributed by atoms with van der Waals surface area (Å²) < 4.78 is 18.8. The zero-order chi connectivity index (χ0) is 21.8. The van der Waals surface area contributed by atoms with Gasteiger partial charge < -0.3 is 19.5 Å². The minimum atomic E-state index is 0.399. The van der Waals surface area contributed by atoms with Gasteiger partial charge in [-0.1, -0.05) is 0 Å². The maximum Gasteiger partial charge on any atom is 0.154 e. The molecule has 0 radical (unpaired) electrons. The normalized spacial score (nSPS) is 15.2. The highest BCUT2D eigenvalue weighted by Crippen LogP contribution is 2.30. The summed E-state index contributed by atoms with van der Waals surface area (Å²) in [6, 6.07) is 6.19. The summed E-state index contributed by atoms with van der Waals surface area (Å²) in [4.78, 5) is 6.96. The topological polar surface area (TPSA) is 73.2 Å². The Morgan fingerprint density at radius 3 is 2.68 bits per heavy atom. The highest BCUT2D eigenvalue weighted by atomic mass is 16.5. The summed E-state index contributed by atoms with van der Waals surface area (Å²) in [5.74, 6) is 3.13. The first-order chi connectivity index (χ1) is 15.1. The number of hydrogen-bond acceptors (Lipinski definition) is 7. The van der Waals surface area contributed by atoms with Crippen LogP contribution in [0, 0.1) is 6.92 Å². The van der Waals surface area contributed by atoms with Crippen LogP contribution in [0.15, 0.2) is 30.7 Å². The highest BCUT2D eigenvalue weighted by molar-refractivity contribution is 5.75. The Labute approximate surface area is 183 Å². The number of anilines is 1. The minimum Gasteiger partial charge on any atom is -0.497 e. The van der Waals surface area contributed by atoms with Crippen molar-refractivity contribution in [2.75, 3.05) is 39.2 Å². The zero-order valence-electron chi connectivity index (χ0n) is 18.7. The molecular weight excluding hydrogens is 394 g/mol. The van der Waals surface area contributed by atoms with Gasteiger partial charge in [-0.15, -0.1) is 0 Å². The van der Waals surface area contributed by atoms with Gasteiger partial charge in [-0.05, 0) is 51.9 Å². The summed E-state index contributed by atoms with van der Waals surface area (Å²) in [6.07, 6.45) is 6.05. The van der Waals surface area contributed by atoms with Crippen molar-refractivity contribution in [3.63, 3.8) is 0 Å².